The maximum atomic E-state index is 5.28. The molecule has 0 spiro atoms. The number of benzene rings is 7. The lowest BCUT2D eigenvalue weighted by Gasteiger charge is -2.19. The second-order valence-corrected chi connectivity index (χ2v) is 21.9. The van der Waals surface area contributed by atoms with Gasteiger partial charge in [-0.1, -0.05) is 119 Å². The fraction of sp³-hybridized carbons (Fsp3) is 0.271. The predicted octanol–water partition coefficient (Wildman–Crippen LogP) is 16.1. The average Bonchev–Trinajstić information content (AvgIpc) is 3.89. The Morgan fingerprint density at radius 1 is 0.317 bits per heavy atom. The molecule has 0 aliphatic heterocycles. The van der Waals surface area contributed by atoms with Crippen LogP contribution in [-0.2, 0) is 21.7 Å². The molecule has 7 aromatic carbocycles. The van der Waals surface area contributed by atoms with Crippen molar-refractivity contribution in [2.75, 3.05) is 0 Å². The van der Waals surface area contributed by atoms with Crippen molar-refractivity contribution in [3.05, 3.63) is 168 Å². The minimum Gasteiger partial charge on any atom is -0.309 e. The van der Waals surface area contributed by atoms with Gasteiger partial charge in [-0.15, -0.1) is 0 Å². The summed E-state index contributed by atoms with van der Waals surface area (Å²) in [4.78, 5) is 5.28. The fourth-order valence-corrected chi connectivity index (χ4v) is 9.46. The third-order valence-corrected chi connectivity index (χ3v) is 13.3. The molecule has 63 heavy (non-hydrogen) atoms. The molecule has 3 heterocycles. The van der Waals surface area contributed by atoms with Gasteiger partial charge in [0.25, 0.3) is 0 Å². The van der Waals surface area contributed by atoms with Crippen LogP contribution in [0.2, 0.25) is 0 Å². The Hall–Kier alpha value is -6.39. The van der Waals surface area contributed by atoms with Crippen molar-refractivity contribution >= 4 is 54.6 Å². The maximum absolute atomic E-state index is 5.28. The Morgan fingerprint density at radius 3 is 0.984 bits per heavy atom. The SMILES string of the molecule is CC(C)(C)c1ccc2c(c1)c1cc(C(C)(C)C)ccc1n2-c1ccc(-c2nc3ccccc3n2-c2ccc(-n3c4ccc(C(C)(C)C)cc4c4cc(C(C)(C)C)ccc43)cc2)cc1. The topological polar surface area (TPSA) is 27.7 Å². The molecule has 0 saturated heterocycles. The minimum atomic E-state index is 0.0511. The first-order valence-corrected chi connectivity index (χ1v) is 22.6. The molecule has 0 fully saturated rings. The summed E-state index contributed by atoms with van der Waals surface area (Å²) in [6.07, 6.45) is 0. The molecule has 0 bridgehead atoms. The minimum absolute atomic E-state index is 0.0511. The van der Waals surface area contributed by atoms with Gasteiger partial charge in [-0.2, -0.15) is 0 Å². The number of hydrogen-bond acceptors (Lipinski definition) is 1. The van der Waals surface area contributed by atoms with Crippen LogP contribution in [0.15, 0.2) is 146 Å². The molecule has 10 rings (SSSR count). The van der Waals surface area contributed by atoms with Crippen LogP contribution >= 0.6 is 0 Å². The number of nitrogens with zero attached hydrogens (tertiary/aromatic N) is 4. The van der Waals surface area contributed by atoms with Crippen LogP contribution in [0.25, 0.3) is 83.1 Å². The van der Waals surface area contributed by atoms with E-state index in [2.05, 4.69) is 242 Å². The highest BCUT2D eigenvalue weighted by Gasteiger charge is 2.24. The van der Waals surface area contributed by atoms with Crippen molar-refractivity contribution in [2.24, 2.45) is 0 Å². The number of aromatic nitrogens is 4. The molecule has 0 aliphatic rings. The number of para-hydroxylation sites is 2. The summed E-state index contributed by atoms with van der Waals surface area (Å²) in [7, 11) is 0. The molecule has 4 heteroatoms. The zero-order valence-electron chi connectivity index (χ0n) is 39.1. The van der Waals surface area contributed by atoms with Gasteiger partial charge >= 0.3 is 0 Å². The third kappa shape index (κ3) is 6.86. The van der Waals surface area contributed by atoms with E-state index < -0.39 is 0 Å². The van der Waals surface area contributed by atoms with Gasteiger partial charge in [-0.05, 0) is 153 Å². The molecule has 0 N–H and O–H groups in total. The largest absolute Gasteiger partial charge is 0.309 e. The van der Waals surface area contributed by atoms with Crippen molar-refractivity contribution in [1.29, 1.82) is 0 Å². The Balaban J connectivity index is 1.08. The van der Waals surface area contributed by atoms with E-state index >= 15 is 0 Å². The molecule has 0 amide bonds. The Bertz CT molecular complexity index is 3250. The van der Waals surface area contributed by atoms with Crippen LogP contribution in [-0.4, -0.2) is 18.7 Å². The van der Waals surface area contributed by atoms with E-state index in [0.717, 1.165) is 39.5 Å². The quantitative estimate of drug-likeness (QED) is 0.174. The molecule has 0 aliphatic carbocycles. The highest BCUT2D eigenvalue weighted by atomic mass is 15.1. The molecule has 10 aromatic rings. The van der Waals surface area contributed by atoms with Gasteiger partial charge in [0.2, 0.25) is 0 Å². The fourth-order valence-electron chi connectivity index (χ4n) is 9.46. The molecule has 0 unspecified atom stereocenters. The van der Waals surface area contributed by atoms with Crippen molar-refractivity contribution in [3.8, 4) is 28.5 Å². The summed E-state index contributed by atoms with van der Waals surface area (Å²) in [6.45, 7) is 27.6. The van der Waals surface area contributed by atoms with E-state index in [1.807, 2.05) is 0 Å². The van der Waals surface area contributed by atoms with Crippen molar-refractivity contribution < 1.29 is 0 Å². The van der Waals surface area contributed by atoms with Gasteiger partial charge in [0.1, 0.15) is 5.82 Å². The summed E-state index contributed by atoms with van der Waals surface area (Å²) in [5, 5.41) is 5.18. The second-order valence-electron chi connectivity index (χ2n) is 21.9. The molecule has 0 atom stereocenters. The molecule has 4 nitrogen and oxygen atoms in total. The van der Waals surface area contributed by atoms with Gasteiger partial charge in [-0.25, -0.2) is 4.98 Å². The Morgan fingerprint density at radius 2 is 0.635 bits per heavy atom. The first-order chi connectivity index (χ1) is 29.8. The van der Waals surface area contributed by atoms with Crippen molar-refractivity contribution in [1.82, 2.24) is 18.7 Å². The monoisotopic (exact) mass is 824 g/mol. The van der Waals surface area contributed by atoms with Crippen molar-refractivity contribution in [3.63, 3.8) is 0 Å². The lowest BCUT2D eigenvalue weighted by molar-refractivity contribution is 0.590. The summed E-state index contributed by atoms with van der Waals surface area (Å²) >= 11 is 0. The lowest BCUT2D eigenvalue weighted by Crippen LogP contribution is -2.10. The van der Waals surface area contributed by atoms with E-state index in [0.29, 0.717) is 0 Å². The number of rotatable bonds is 4. The van der Waals surface area contributed by atoms with Crippen LogP contribution in [0.4, 0.5) is 0 Å². The van der Waals surface area contributed by atoms with Crippen LogP contribution in [0.5, 0.6) is 0 Å². The predicted molar refractivity (Wildman–Crippen MR) is 270 cm³/mol. The first-order valence-electron chi connectivity index (χ1n) is 22.6. The summed E-state index contributed by atoms with van der Waals surface area (Å²) < 4.78 is 7.17. The molecular weight excluding hydrogens is 765 g/mol. The summed E-state index contributed by atoms with van der Waals surface area (Å²) in [6, 6.07) is 54.6. The van der Waals surface area contributed by atoms with Gasteiger partial charge in [0.05, 0.1) is 33.1 Å². The number of imidazole rings is 1. The van der Waals surface area contributed by atoms with Gasteiger partial charge in [-0.3, -0.25) is 4.57 Å². The second kappa shape index (κ2) is 14.1. The van der Waals surface area contributed by atoms with Gasteiger partial charge < -0.3 is 9.13 Å². The summed E-state index contributed by atoms with van der Waals surface area (Å²) in [5.74, 6) is 0.920. The average molecular weight is 825 g/mol. The first kappa shape index (κ1) is 40.7. The summed E-state index contributed by atoms with van der Waals surface area (Å²) in [5.41, 5.74) is 16.9. The lowest BCUT2D eigenvalue weighted by atomic mass is 9.85. The Labute approximate surface area is 372 Å². The van der Waals surface area contributed by atoms with Crippen molar-refractivity contribution in [2.45, 2.75) is 105 Å². The van der Waals surface area contributed by atoms with E-state index in [1.54, 1.807) is 0 Å². The molecule has 0 radical (unpaired) electrons. The number of fused-ring (bicyclic) bond motifs is 7. The van der Waals surface area contributed by atoms with Crippen LogP contribution in [0.3, 0.4) is 0 Å². The number of hydrogen-bond donors (Lipinski definition) is 0. The third-order valence-electron chi connectivity index (χ3n) is 13.3. The van der Waals surface area contributed by atoms with E-state index in [1.165, 1.54) is 65.9 Å². The Kier molecular flexibility index (Phi) is 9.08. The molecule has 0 saturated carbocycles. The van der Waals surface area contributed by atoms with Crippen LogP contribution in [0.1, 0.15) is 105 Å². The van der Waals surface area contributed by atoms with Crippen LogP contribution in [0, 0.1) is 0 Å². The highest BCUT2D eigenvalue weighted by molar-refractivity contribution is 6.11. The van der Waals surface area contributed by atoms with Crippen LogP contribution < -0.4 is 0 Å². The van der Waals surface area contributed by atoms with Gasteiger partial charge in [0, 0.05) is 44.2 Å². The normalized spacial score (nSPS) is 13.1. The standard InChI is InChI=1S/C59H60N4/c1-56(2,3)38-19-29-50-45(33-38)46-34-39(57(4,5)6)20-30-51(46)61(50)42-23-17-37(18-24-42)55-60-49-15-13-14-16-54(49)63(55)44-27-25-43(26-28-44)62-52-31-21-40(58(7,8)9)35-47(52)48-36-41(59(10,11)12)22-32-53(48)62/h13-36H,1-12H3. The maximum Gasteiger partial charge on any atom is 0.145 e. The smallest absolute Gasteiger partial charge is 0.145 e. The molecular formula is C59H60N4. The molecule has 316 valence electrons. The zero-order chi connectivity index (χ0) is 44.4. The van der Waals surface area contributed by atoms with E-state index in [4.69, 9.17) is 4.98 Å². The van der Waals surface area contributed by atoms with E-state index in [9.17, 15) is 0 Å². The van der Waals surface area contributed by atoms with E-state index in [-0.39, 0.29) is 21.7 Å². The molecule has 3 aromatic heterocycles. The van der Waals surface area contributed by atoms with Gasteiger partial charge in [0.15, 0.2) is 0 Å². The highest BCUT2D eigenvalue weighted by Crippen LogP contribution is 2.40. The zero-order valence-corrected chi connectivity index (χ0v) is 39.1.